The van der Waals surface area contributed by atoms with Crippen LogP contribution in [0.2, 0.25) is 0 Å². The molecule has 9 nitrogen and oxygen atoms in total. The van der Waals surface area contributed by atoms with E-state index in [4.69, 9.17) is 0 Å². The van der Waals surface area contributed by atoms with Gasteiger partial charge >= 0.3 is 0 Å². The molecule has 11 heteroatoms. The van der Waals surface area contributed by atoms with Crippen molar-refractivity contribution < 1.29 is 22.8 Å². The quantitative estimate of drug-likeness (QED) is 0.443. The molecule has 0 saturated carbocycles. The molecule has 0 atom stereocenters. The van der Waals surface area contributed by atoms with Crippen molar-refractivity contribution in [3.05, 3.63) is 81.2 Å². The lowest BCUT2D eigenvalue weighted by molar-refractivity contribution is -0.129. The average Bonchev–Trinajstić information content (AvgIpc) is 3.34. The Kier molecular flexibility index (Phi) is 8.30. The van der Waals surface area contributed by atoms with E-state index < -0.39 is 15.9 Å². The molecule has 3 aromatic rings. The number of hydrogen-bond acceptors (Lipinski definition) is 6. The molecule has 2 aliphatic heterocycles. The zero-order valence-electron chi connectivity index (χ0n) is 23.5. The molecular weight excluding hydrogens is 560 g/mol. The zero-order valence-corrected chi connectivity index (χ0v) is 25.1. The van der Waals surface area contributed by atoms with Gasteiger partial charge in [-0.15, -0.1) is 11.3 Å². The fraction of sp³-hybridized carbons (Fsp3) is 0.367. The van der Waals surface area contributed by atoms with Crippen molar-refractivity contribution in [1.29, 1.82) is 0 Å². The minimum Gasteiger partial charge on any atom is -0.339 e. The molecule has 1 N–H and O–H groups in total. The van der Waals surface area contributed by atoms with Crippen molar-refractivity contribution in [2.75, 3.05) is 31.5 Å². The Bertz CT molecular complexity index is 1590. The lowest BCUT2D eigenvalue weighted by atomic mass is 10.0. The van der Waals surface area contributed by atoms with E-state index >= 15 is 0 Å². The minimum absolute atomic E-state index is 0.0324. The number of anilines is 1. The fourth-order valence-electron chi connectivity index (χ4n) is 5.43. The predicted octanol–water partition coefficient (Wildman–Crippen LogP) is 4.13. The molecule has 0 unspecified atom stereocenters. The molecule has 5 rings (SSSR count). The van der Waals surface area contributed by atoms with Crippen molar-refractivity contribution in [3.8, 4) is 0 Å². The van der Waals surface area contributed by atoms with Crippen LogP contribution in [0, 0.1) is 0 Å². The Balaban J connectivity index is 1.38. The Morgan fingerprint density at radius 3 is 2.27 bits per heavy atom. The van der Waals surface area contributed by atoms with Crippen LogP contribution in [0.15, 0.2) is 53.4 Å². The number of rotatable bonds is 7. The second-order valence-electron chi connectivity index (χ2n) is 10.2. The van der Waals surface area contributed by atoms with Crippen LogP contribution in [-0.2, 0) is 40.7 Å². The molecule has 0 aliphatic carbocycles. The molecule has 0 radical (unpaired) electrons. The van der Waals surface area contributed by atoms with E-state index in [0.29, 0.717) is 62.7 Å². The van der Waals surface area contributed by atoms with Gasteiger partial charge in [0.15, 0.2) is 0 Å². The first-order valence-electron chi connectivity index (χ1n) is 13.8. The molecule has 216 valence electrons. The number of amides is 3. The Labute approximate surface area is 244 Å². The second kappa shape index (κ2) is 11.8. The molecule has 41 heavy (non-hydrogen) atoms. The summed E-state index contributed by atoms with van der Waals surface area (Å²) in [6.07, 6.45) is 1.19. The van der Waals surface area contributed by atoms with Crippen molar-refractivity contribution >= 4 is 44.1 Å². The predicted molar refractivity (Wildman–Crippen MR) is 159 cm³/mol. The zero-order chi connectivity index (χ0) is 29.3. The average molecular weight is 595 g/mol. The van der Waals surface area contributed by atoms with Crippen LogP contribution in [0.4, 0.5) is 5.00 Å². The van der Waals surface area contributed by atoms with E-state index in [1.165, 1.54) is 46.8 Å². The van der Waals surface area contributed by atoms with Crippen LogP contribution in [0.5, 0.6) is 0 Å². The van der Waals surface area contributed by atoms with Gasteiger partial charge < -0.3 is 15.1 Å². The fourth-order valence-corrected chi connectivity index (χ4v) is 8.10. The minimum atomic E-state index is -3.73. The first kappa shape index (κ1) is 29.0. The molecule has 3 amide bonds. The lowest BCUT2D eigenvalue weighted by Crippen LogP contribution is -2.36. The third-order valence-corrected chi connectivity index (χ3v) is 10.8. The highest BCUT2D eigenvalue weighted by atomic mass is 32.2. The smallest absolute Gasteiger partial charge is 0.257 e. The molecule has 0 fully saturated rings. The molecule has 0 saturated heterocycles. The second-order valence-corrected chi connectivity index (χ2v) is 13.3. The number of benzene rings is 2. The van der Waals surface area contributed by atoms with Gasteiger partial charge in [-0.25, -0.2) is 8.42 Å². The van der Waals surface area contributed by atoms with Gasteiger partial charge in [0, 0.05) is 50.1 Å². The number of nitrogens with one attached hydrogen (secondary N) is 1. The van der Waals surface area contributed by atoms with Crippen LogP contribution >= 0.6 is 11.3 Å². The number of carbonyl (C=O) groups excluding carboxylic acids is 3. The summed E-state index contributed by atoms with van der Waals surface area (Å²) in [7, 11) is -3.73. The number of sulfonamides is 1. The van der Waals surface area contributed by atoms with Crippen LogP contribution in [0.3, 0.4) is 0 Å². The summed E-state index contributed by atoms with van der Waals surface area (Å²) < 4.78 is 28.2. The van der Waals surface area contributed by atoms with Crippen LogP contribution in [-0.4, -0.2) is 66.4 Å². The summed E-state index contributed by atoms with van der Waals surface area (Å²) >= 11 is 1.32. The SMILES string of the molecule is CCN(CC)C(=O)c1c(NC(=O)c2ccc(S(=O)(=O)N3CCc4ccccc4C3)cc2)sc2c1CCN(C(C)=O)C2. The first-order valence-corrected chi connectivity index (χ1v) is 16.1. The summed E-state index contributed by atoms with van der Waals surface area (Å²) in [5.74, 6) is -0.616. The van der Waals surface area contributed by atoms with Crippen LogP contribution in [0.1, 0.15) is 63.1 Å². The maximum absolute atomic E-state index is 13.5. The van der Waals surface area contributed by atoms with Gasteiger partial charge in [0.05, 0.1) is 17.0 Å². The first-order chi connectivity index (χ1) is 19.6. The summed E-state index contributed by atoms with van der Waals surface area (Å²) in [4.78, 5) is 43.3. The number of carbonyl (C=O) groups is 3. The summed E-state index contributed by atoms with van der Waals surface area (Å²) in [6.45, 7) is 8.04. The number of hydrogen-bond donors (Lipinski definition) is 1. The monoisotopic (exact) mass is 594 g/mol. The molecule has 0 bridgehead atoms. The van der Waals surface area contributed by atoms with Crippen molar-refractivity contribution in [1.82, 2.24) is 14.1 Å². The number of thiophene rings is 1. The molecule has 1 aromatic heterocycles. The molecule has 3 heterocycles. The maximum atomic E-state index is 13.5. The Morgan fingerprint density at radius 2 is 1.61 bits per heavy atom. The van der Waals surface area contributed by atoms with E-state index in [2.05, 4.69) is 5.32 Å². The van der Waals surface area contributed by atoms with E-state index in [9.17, 15) is 22.8 Å². The highest BCUT2D eigenvalue weighted by Gasteiger charge is 2.32. The molecule has 2 aromatic carbocycles. The number of nitrogens with zero attached hydrogens (tertiary/aromatic N) is 3. The van der Waals surface area contributed by atoms with Crippen LogP contribution in [0.25, 0.3) is 0 Å². The highest BCUT2D eigenvalue weighted by molar-refractivity contribution is 7.89. The van der Waals surface area contributed by atoms with E-state index in [-0.39, 0.29) is 22.3 Å². The third kappa shape index (κ3) is 5.66. The van der Waals surface area contributed by atoms with Gasteiger partial charge in [-0.05, 0) is 67.6 Å². The van der Waals surface area contributed by atoms with Gasteiger partial charge in [0.25, 0.3) is 11.8 Å². The largest absolute Gasteiger partial charge is 0.339 e. The van der Waals surface area contributed by atoms with Gasteiger partial charge in [-0.2, -0.15) is 4.31 Å². The number of fused-ring (bicyclic) bond motifs is 2. The third-order valence-electron chi connectivity index (χ3n) is 7.84. The molecular formula is C30H34N4O5S2. The van der Waals surface area contributed by atoms with Crippen LogP contribution < -0.4 is 5.32 Å². The van der Waals surface area contributed by atoms with E-state index in [1.54, 1.807) is 9.80 Å². The van der Waals surface area contributed by atoms with Crippen molar-refractivity contribution in [2.24, 2.45) is 0 Å². The summed E-state index contributed by atoms with van der Waals surface area (Å²) in [5.41, 5.74) is 3.80. The maximum Gasteiger partial charge on any atom is 0.257 e. The van der Waals surface area contributed by atoms with Gasteiger partial charge in [0.1, 0.15) is 5.00 Å². The normalized spacial score (nSPS) is 15.1. The van der Waals surface area contributed by atoms with Gasteiger partial charge in [0.2, 0.25) is 15.9 Å². The van der Waals surface area contributed by atoms with Crippen molar-refractivity contribution in [3.63, 3.8) is 0 Å². The standard InChI is InChI=1S/C30H34N4O5S2/c1-4-32(5-2)30(37)27-25-15-16-33(20(3)35)19-26(25)40-29(27)31-28(36)22-10-12-24(13-11-22)41(38,39)34-17-14-21-8-6-7-9-23(21)18-34/h6-13H,4-5,14-19H2,1-3H3,(H,31,36). The molecule has 0 spiro atoms. The highest BCUT2D eigenvalue weighted by Crippen LogP contribution is 2.38. The van der Waals surface area contributed by atoms with Crippen molar-refractivity contribution in [2.45, 2.75) is 51.6 Å². The Morgan fingerprint density at radius 1 is 0.927 bits per heavy atom. The topological polar surface area (TPSA) is 107 Å². The summed E-state index contributed by atoms with van der Waals surface area (Å²) in [6, 6.07) is 13.7. The van der Waals surface area contributed by atoms with Gasteiger partial charge in [-0.1, -0.05) is 24.3 Å². The van der Waals surface area contributed by atoms with E-state index in [1.807, 2.05) is 38.1 Å². The Hall–Kier alpha value is -3.54. The summed E-state index contributed by atoms with van der Waals surface area (Å²) in [5, 5.41) is 3.36. The van der Waals surface area contributed by atoms with Gasteiger partial charge in [-0.3, -0.25) is 14.4 Å². The molecule has 2 aliphatic rings. The van der Waals surface area contributed by atoms with E-state index in [0.717, 1.165) is 21.6 Å². The lowest BCUT2D eigenvalue weighted by Gasteiger charge is -2.28.